The van der Waals surface area contributed by atoms with Gasteiger partial charge in [-0.05, 0) is 17.6 Å². The fourth-order valence-corrected chi connectivity index (χ4v) is 1.99. The Labute approximate surface area is 108 Å². The van der Waals surface area contributed by atoms with Gasteiger partial charge in [-0.1, -0.05) is 19.6 Å². The summed E-state index contributed by atoms with van der Waals surface area (Å²) in [6, 6.07) is 1.08. The van der Waals surface area contributed by atoms with E-state index in [0.717, 1.165) is 11.6 Å². The molecule has 1 rings (SSSR count). The summed E-state index contributed by atoms with van der Waals surface area (Å²) in [6.07, 6.45) is 3.28. The molecule has 6 heteroatoms. The fraction of sp³-hybridized carbons (Fsp3) is 0.545. The van der Waals surface area contributed by atoms with Gasteiger partial charge in [0.05, 0.1) is 12.2 Å². The first-order valence-corrected chi connectivity index (χ1v) is 9.58. The summed E-state index contributed by atoms with van der Waals surface area (Å²) in [4.78, 5) is 11.9. The van der Waals surface area contributed by atoms with Crippen LogP contribution in [0.4, 0.5) is 0 Å². The van der Waals surface area contributed by atoms with Gasteiger partial charge < -0.3 is 4.74 Å². The van der Waals surface area contributed by atoms with E-state index in [1.165, 1.54) is 0 Å². The highest BCUT2D eigenvalue weighted by Crippen LogP contribution is 2.16. The third-order valence-electron chi connectivity index (χ3n) is 2.11. The Morgan fingerprint density at radius 3 is 2.76 bits per heavy atom. The molecule has 0 atom stereocenters. The molecule has 0 aliphatic rings. The predicted octanol–water partition coefficient (Wildman–Crippen LogP) is 2.90. The van der Waals surface area contributed by atoms with Gasteiger partial charge in [0, 0.05) is 27.5 Å². The van der Waals surface area contributed by atoms with Crippen LogP contribution in [0.2, 0.25) is 31.0 Å². The average molecular weight is 272 g/mol. The lowest BCUT2D eigenvalue weighted by molar-refractivity contribution is 0.324. The van der Waals surface area contributed by atoms with Crippen LogP contribution in [0.5, 0.6) is 5.88 Å². The number of hydrogen-bond acceptors (Lipinski definition) is 4. The van der Waals surface area contributed by atoms with Gasteiger partial charge in [0.25, 0.3) is 0 Å². The molecule has 1 heterocycles. The summed E-state index contributed by atoms with van der Waals surface area (Å²) in [7, 11) is 0.599. The van der Waals surface area contributed by atoms with E-state index in [1.807, 2.05) is 0 Å². The second-order valence-electron chi connectivity index (χ2n) is 4.95. The Hall–Kier alpha value is -0.943. The first-order valence-electron chi connectivity index (χ1n) is 5.50. The lowest BCUT2D eigenvalue weighted by Gasteiger charge is -2.16. The molecule has 94 valence electrons. The van der Waals surface area contributed by atoms with Gasteiger partial charge in [-0.2, -0.15) is 4.98 Å². The smallest absolute Gasteiger partial charge is 0.226 e. The van der Waals surface area contributed by atoms with Gasteiger partial charge >= 0.3 is 0 Å². The maximum atomic E-state index is 5.75. The van der Waals surface area contributed by atoms with Crippen molar-refractivity contribution in [2.24, 2.45) is 4.99 Å². The molecule has 0 amide bonds. The molecule has 1 aromatic heterocycles. The lowest BCUT2D eigenvalue weighted by atomic mass is 10.3. The fourth-order valence-electron chi connectivity index (χ4n) is 1.15. The first kappa shape index (κ1) is 14.1. The van der Waals surface area contributed by atoms with Crippen LogP contribution in [-0.2, 0) is 0 Å². The Kier molecular flexibility index (Phi) is 5.08. The number of ether oxygens (including phenoxy) is 1. The minimum Gasteiger partial charge on any atom is -0.477 e. The normalized spacial score (nSPS) is 12.1. The van der Waals surface area contributed by atoms with E-state index in [-0.39, 0.29) is 5.28 Å². The minimum absolute atomic E-state index is 0.196. The van der Waals surface area contributed by atoms with E-state index >= 15 is 0 Å². The molecule has 0 aliphatic carbocycles. The Morgan fingerprint density at radius 1 is 1.47 bits per heavy atom. The van der Waals surface area contributed by atoms with E-state index in [0.29, 0.717) is 12.5 Å². The quantitative estimate of drug-likeness (QED) is 0.470. The topological polar surface area (TPSA) is 47.4 Å². The van der Waals surface area contributed by atoms with Gasteiger partial charge in [0.1, 0.15) is 0 Å². The Bertz CT molecular complexity index is 404. The summed E-state index contributed by atoms with van der Waals surface area (Å²) in [5.41, 5.74) is 0.757. The number of aliphatic imine (C=N–C) groups is 1. The summed E-state index contributed by atoms with van der Waals surface area (Å²) < 4.78 is 5.65. The van der Waals surface area contributed by atoms with Crippen molar-refractivity contribution in [2.45, 2.75) is 25.7 Å². The SMILES string of the molecule is C/N=C/c1cnc(Cl)nc1OCC[Si](C)(C)C. The molecule has 0 fully saturated rings. The number of halogens is 1. The van der Waals surface area contributed by atoms with Gasteiger partial charge in [0.15, 0.2) is 0 Å². The molecular weight excluding hydrogens is 254 g/mol. The second-order valence-corrected chi connectivity index (χ2v) is 10.9. The molecule has 0 bridgehead atoms. The zero-order valence-electron chi connectivity index (χ0n) is 10.7. The Morgan fingerprint density at radius 2 is 2.18 bits per heavy atom. The van der Waals surface area contributed by atoms with E-state index < -0.39 is 8.07 Å². The molecule has 0 N–H and O–H groups in total. The number of aromatic nitrogens is 2. The largest absolute Gasteiger partial charge is 0.477 e. The van der Waals surface area contributed by atoms with Gasteiger partial charge in [-0.3, -0.25) is 4.99 Å². The zero-order chi connectivity index (χ0) is 12.9. The molecule has 17 heavy (non-hydrogen) atoms. The van der Waals surface area contributed by atoms with Crippen LogP contribution >= 0.6 is 11.6 Å². The van der Waals surface area contributed by atoms with Crippen LogP contribution in [0, 0.1) is 0 Å². The minimum atomic E-state index is -1.10. The van der Waals surface area contributed by atoms with Crippen LogP contribution < -0.4 is 4.74 Å². The first-order chi connectivity index (χ1) is 7.92. The second kappa shape index (κ2) is 6.12. The summed E-state index contributed by atoms with van der Waals surface area (Å²) in [5, 5.41) is 0.196. The van der Waals surface area contributed by atoms with Gasteiger partial charge in [-0.25, -0.2) is 4.98 Å². The molecule has 0 spiro atoms. The maximum Gasteiger partial charge on any atom is 0.226 e. The zero-order valence-corrected chi connectivity index (χ0v) is 12.5. The van der Waals surface area contributed by atoms with Crippen molar-refractivity contribution < 1.29 is 4.74 Å². The maximum absolute atomic E-state index is 5.75. The molecule has 0 aromatic carbocycles. The summed E-state index contributed by atoms with van der Waals surface area (Å²) >= 11 is 5.75. The molecule has 1 aromatic rings. The molecule has 0 unspecified atom stereocenters. The van der Waals surface area contributed by atoms with Crippen molar-refractivity contribution >= 4 is 25.9 Å². The van der Waals surface area contributed by atoms with Crippen molar-refractivity contribution in [3.8, 4) is 5.88 Å². The molecular formula is C11H18ClN3OSi. The Balaban J connectivity index is 2.71. The van der Waals surface area contributed by atoms with Gasteiger partial charge in [0.2, 0.25) is 11.2 Å². The molecule has 0 saturated carbocycles. The van der Waals surface area contributed by atoms with Crippen LogP contribution in [-0.4, -0.2) is 37.9 Å². The summed E-state index contributed by atoms with van der Waals surface area (Å²) in [5.74, 6) is 0.508. The highest BCUT2D eigenvalue weighted by atomic mass is 35.5. The van der Waals surface area contributed by atoms with Crippen molar-refractivity contribution in [1.82, 2.24) is 9.97 Å². The van der Waals surface area contributed by atoms with E-state index in [4.69, 9.17) is 16.3 Å². The number of hydrogen-bond donors (Lipinski definition) is 0. The number of rotatable bonds is 5. The van der Waals surface area contributed by atoms with E-state index in [9.17, 15) is 0 Å². The molecule has 4 nitrogen and oxygen atoms in total. The highest BCUT2D eigenvalue weighted by Gasteiger charge is 2.14. The number of nitrogens with zero attached hydrogens (tertiary/aromatic N) is 3. The third kappa shape index (κ3) is 5.28. The molecule has 0 radical (unpaired) electrons. The van der Waals surface area contributed by atoms with Crippen molar-refractivity contribution in [1.29, 1.82) is 0 Å². The van der Waals surface area contributed by atoms with Crippen LogP contribution in [0.1, 0.15) is 5.56 Å². The van der Waals surface area contributed by atoms with E-state index in [2.05, 4.69) is 34.6 Å². The lowest BCUT2D eigenvalue weighted by Crippen LogP contribution is -2.22. The third-order valence-corrected chi connectivity index (χ3v) is 4.00. The molecule has 0 saturated heterocycles. The highest BCUT2D eigenvalue weighted by molar-refractivity contribution is 6.76. The standard InChI is InChI=1S/C11H18ClN3OSi/c1-13-7-9-8-14-11(12)15-10(9)16-5-6-17(2,3)4/h7-8H,5-6H2,1-4H3/b13-7+. The average Bonchev–Trinajstić information content (AvgIpc) is 2.20. The van der Waals surface area contributed by atoms with Crippen LogP contribution in [0.3, 0.4) is 0 Å². The predicted molar refractivity (Wildman–Crippen MR) is 74.2 cm³/mol. The van der Waals surface area contributed by atoms with Crippen LogP contribution in [0.15, 0.2) is 11.2 Å². The van der Waals surface area contributed by atoms with Crippen molar-refractivity contribution in [3.05, 3.63) is 17.0 Å². The van der Waals surface area contributed by atoms with Crippen molar-refractivity contribution in [3.63, 3.8) is 0 Å². The van der Waals surface area contributed by atoms with Crippen LogP contribution in [0.25, 0.3) is 0 Å². The van der Waals surface area contributed by atoms with Crippen molar-refractivity contribution in [2.75, 3.05) is 13.7 Å². The molecule has 0 aliphatic heterocycles. The monoisotopic (exact) mass is 271 g/mol. The summed E-state index contributed by atoms with van der Waals surface area (Å²) in [6.45, 7) is 7.57. The van der Waals surface area contributed by atoms with E-state index in [1.54, 1.807) is 19.5 Å². The van der Waals surface area contributed by atoms with Gasteiger partial charge in [-0.15, -0.1) is 0 Å².